The quantitative estimate of drug-likeness (QED) is 0.620. The molecule has 1 aliphatic heterocycles. The van der Waals surface area contributed by atoms with Crippen molar-refractivity contribution < 1.29 is 17.9 Å². The van der Waals surface area contributed by atoms with Gasteiger partial charge in [0, 0.05) is 24.5 Å². The minimum atomic E-state index is -2.92. The molecule has 0 atom stereocenters. The van der Waals surface area contributed by atoms with Crippen molar-refractivity contribution in [3.63, 3.8) is 0 Å². The molecule has 0 aromatic heterocycles. The fraction of sp³-hybridized carbons (Fsp3) is 0.417. The predicted molar refractivity (Wildman–Crippen MR) is 73.1 cm³/mol. The lowest BCUT2D eigenvalue weighted by atomic mass is 10.1. The van der Waals surface area contributed by atoms with Crippen LogP contribution >= 0.6 is 0 Å². The van der Waals surface area contributed by atoms with Gasteiger partial charge < -0.3 is 15.4 Å². The van der Waals surface area contributed by atoms with Crippen molar-refractivity contribution in [1.29, 1.82) is 0 Å². The Morgan fingerprint density at radius 1 is 1.32 bits per heavy atom. The average molecular weight is 284 g/mol. The van der Waals surface area contributed by atoms with Crippen LogP contribution in [0.3, 0.4) is 0 Å². The van der Waals surface area contributed by atoms with Crippen LogP contribution in [0, 0.1) is 0 Å². The maximum absolute atomic E-state index is 11.6. The van der Waals surface area contributed by atoms with E-state index in [0.717, 1.165) is 5.69 Å². The van der Waals surface area contributed by atoms with Gasteiger partial charge in [0.1, 0.15) is 0 Å². The monoisotopic (exact) mass is 284 g/mol. The van der Waals surface area contributed by atoms with Crippen LogP contribution in [-0.2, 0) is 14.6 Å². The van der Waals surface area contributed by atoms with Crippen LogP contribution < -0.4 is 10.6 Å². The highest BCUT2D eigenvalue weighted by Crippen LogP contribution is 2.23. The van der Waals surface area contributed by atoms with Gasteiger partial charge >= 0.3 is 5.97 Å². The third kappa shape index (κ3) is 2.98. The number of sulfone groups is 1. The SMILES string of the molecule is COC(=O)c1cc(N2CCS(=O)(=O)CC2)ccc1N. The number of rotatable bonds is 2. The molecule has 0 amide bonds. The molecular formula is C12H16N2O4S. The smallest absolute Gasteiger partial charge is 0.340 e. The number of methoxy groups -OCH3 is 1. The molecule has 0 unspecified atom stereocenters. The Labute approximate surface area is 112 Å². The maximum Gasteiger partial charge on any atom is 0.340 e. The zero-order chi connectivity index (χ0) is 14.0. The second-order valence-corrected chi connectivity index (χ2v) is 6.71. The molecule has 1 saturated heterocycles. The number of carbonyl (C=O) groups is 1. The van der Waals surface area contributed by atoms with E-state index in [0.29, 0.717) is 24.3 Å². The van der Waals surface area contributed by atoms with Gasteiger partial charge in [-0.15, -0.1) is 0 Å². The molecule has 0 spiro atoms. The van der Waals surface area contributed by atoms with Crippen LogP contribution in [0.1, 0.15) is 10.4 Å². The highest BCUT2D eigenvalue weighted by molar-refractivity contribution is 7.91. The lowest BCUT2D eigenvalue weighted by Crippen LogP contribution is -2.40. The summed E-state index contributed by atoms with van der Waals surface area (Å²) in [6, 6.07) is 5.05. The van der Waals surface area contributed by atoms with Crippen molar-refractivity contribution in [2.45, 2.75) is 0 Å². The summed E-state index contributed by atoms with van der Waals surface area (Å²) in [5.41, 5.74) is 7.15. The van der Waals surface area contributed by atoms with E-state index in [9.17, 15) is 13.2 Å². The number of hydrogen-bond donors (Lipinski definition) is 1. The summed E-state index contributed by atoms with van der Waals surface area (Å²) in [6.07, 6.45) is 0. The Kier molecular flexibility index (Phi) is 3.66. The summed E-state index contributed by atoms with van der Waals surface area (Å²) in [6.45, 7) is 0.847. The number of nitrogens with two attached hydrogens (primary N) is 1. The molecule has 2 N–H and O–H groups in total. The summed E-state index contributed by atoms with van der Waals surface area (Å²) in [5.74, 6) is -0.237. The highest BCUT2D eigenvalue weighted by Gasteiger charge is 2.22. The van der Waals surface area contributed by atoms with E-state index in [4.69, 9.17) is 5.73 Å². The number of carbonyl (C=O) groups excluding carboxylic acids is 1. The van der Waals surface area contributed by atoms with Crippen molar-refractivity contribution in [1.82, 2.24) is 0 Å². The van der Waals surface area contributed by atoms with E-state index in [1.807, 2.05) is 4.90 Å². The molecule has 1 fully saturated rings. The number of nitrogen functional groups attached to an aromatic ring is 1. The molecule has 0 saturated carbocycles. The van der Waals surface area contributed by atoms with E-state index >= 15 is 0 Å². The molecule has 6 nitrogen and oxygen atoms in total. The van der Waals surface area contributed by atoms with Crippen LogP contribution in [0.25, 0.3) is 0 Å². The van der Waals surface area contributed by atoms with E-state index in [-0.39, 0.29) is 11.5 Å². The second-order valence-electron chi connectivity index (χ2n) is 4.40. The first-order valence-corrected chi connectivity index (χ1v) is 7.68. The van der Waals surface area contributed by atoms with E-state index in [1.165, 1.54) is 7.11 Å². The van der Waals surface area contributed by atoms with Gasteiger partial charge in [-0.25, -0.2) is 13.2 Å². The summed E-state index contributed by atoms with van der Waals surface area (Å²) in [4.78, 5) is 13.5. The summed E-state index contributed by atoms with van der Waals surface area (Å²) >= 11 is 0. The minimum Gasteiger partial charge on any atom is -0.465 e. The van der Waals surface area contributed by atoms with Gasteiger partial charge in [-0.2, -0.15) is 0 Å². The maximum atomic E-state index is 11.6. The third-order valence-electron chi connectivity index (χ3n) is 3.15. The number of esters is 1. The molecule has 19 heavy (non-hydrogen) atoms. The second kappa shape index (κ2) is 5.08. The lowest BCUT2D eigenvalue weighted by molar-refractivity contribution is 0.0602. The third-order valence-corrected chi connectivity index (χ3v) is 4.76. The Balaban J connectivity index is 2.24. The molecule has 1 aliphatic rings. The Morgan fingerprint density at radius 3 is 2.53 bits per heavy atom. The van der Waals surface area contributed by atoms with Gasteiger partial charge in [-0.1, -0.05) is 0 Å². The van der Waals surface area contributed by atoms with Gasteiger partial charge in [0.2, 0.25) is 0 Å². The summed E-state index contributed by atoms with van der Waals surface area (Å²) < 4.78 is 27.4. The zero-order valence-electron chi connectivity index (χ0n) is 10.6. The van der Waals surface area contributed by atoms with Crippen LogP contribution in [0.4, 0.5) is 11.4 Å². The van der Waals surface area contributed by atoms with Gasteiger partial charge in [-0.3, -0.25) is 0 Å². The molecule has 1 aromatic rings. The predicted octanol–water partition coefficient (Wildman–Crippen LogP) is 0.290. The highest BCUT2D eigenvalue weighted by atomic mass is 32.2. The van der Waals surface area contributed by atoms with Crippen molar-refractivity contribution in [2.75, 3.05) is 42.3 Å². The fourth-order valence-corrected chi connectivity index (χ4v) is 3.20. The first kappa shape index (κ1) is 13.7. The van der Waals surface area contributed by atoms with E-state index < -0.39 is 15.8 Å². The number of benzene rings is 1. The molecule has 0 aliphatic carbocycles. The molecule has 0 radical (unpaired) electrons. The van der Waals surface area contributed by atoms with Crippen LogP contribution in [0.2, 0.25) is 0 Å². The summed E-state index contributed by atoms with van der Waals surface area (Å²) in [5, 5.41) is 0. The van der Waals surface area contributed by atoms with E-state index in [1.54, 1.807) is 18.2 Å². The topological polar surface area (TPSA) is 89.7 Å². The molecule has 2 rings (SSSR count). The number of ether oxygens (including phenoxy) is 1. The van der Waals surface area contributed by atoms with Crippen molar-refractivity contribution in [3.05, 3.63) is 23.8 Å². The fourth-order valence-electron chi connectivity index (χ4n) is 2.00. The standard InChI is InChI=1S/C12H16N2O4S/c1-18-12(15)10-8-9(2-3-11(10)13)14-4-6-19(16,17)7-5-14/h2-3,8H,4-7,13H2,1H3. The average Bonchev–Trinajstić information content (AvgIpc) is 2.39. The molecule has 1 aromatic carbocycles. The lowest BCUT2D eigenvalue weighted by Gasteiger charge is -2.29. The van der Waals surface area contributed by atoms with Crippen molar-refractivity contribution in [2.24, 2.45) is 0 Å². The zero-order valence-corrected chi connectivity index (χ0v) is 11.4. The first-order chi connectivity index (χ1) is 8.93. The summed E-state index contributed by atoms with van der Waals surface area (Å²) in [7, 11) is -1.63. The molecule has 104 valence electrons. The van der Waals surface area contributed by atoms with Crippen LogP contribution in [0.5, 0.6) is 0 Å². The Morgan fingerprint density at radius 2 is 1.95 bits per heavy atom. The van der Waals surface area contributed by atoms with Gasteiger partial charge in [-0.05, 0) is 18.2 Å². The van der Waals surface area contributed by atoms with Gasteiger partial charge in [0.25, 0.3) is 0 Å². The number of hydrogen-bond acceptors (Lipinski definition) is 6. The first-order valence-electron chi connectivity index (χ1n) is 5.86. The van der Waals surface area contributed by atoms with Gasteiger partial charge in [0.05, 0.1) is 24.2 Å². The number of nitrogens with zero attached hydrogens (tertiary/aromatic N) is 1. The van der Waals surface area contributed by atoms with Crippen molar-refractivity contribution >= 4 is 27.2 Å². The van der Waals surface area contributed by atoms with E-state index in [2.05, 4.69) is 4.74 Å². The van der Waals surface area contributed by atoms with Gasteiger partial charge in [0.15, 0.2) is 9.84 Å². The van der Waals surface area contributed by atoms with Crippen LogP contribution in [-0.4, -0.2) is 46.1 Å². The molecular weight excluding hydrogens is 268 g/mol. The number of anilines is 2. The van der Waals surface area contributed by atoms with Crippen molar-refractivity contribution in [3.8, 4) is 0 Å². The molecule has 7 heteroatoms. The van der Waals surface area contributed by atoms with Crippen LogP contribution in [0.15, 0.2) is 18.2 Å². The molecule has 0 bridgehead atoms. The largest absolute Gasteiger partial charge is 0.465 e. The minimum absolute atomic E-state index is 0.130. The Bertz CT molecular complexity index is 584. The normalized spacial score (nSPS) is 18.1. The molecule has 1 heterocycles. The Hall–Kier alpha value is -1.76.